The van der Waals surface area contributed by atoms with Crippen molar-refractivity contribution in [3.63, 3.8) is 0 Å². The van der Waals surface area contributed by atoms with Gasteiger partial charge in [-0.1, -0.05) is 33.1 Å². The number of aromatic nitrogens is 2. The Morgan fingerprint density at radius 2 is 1.68 bits per heavy atom. The molecule has 28 heavy (non-hydrogen) atoms. The zero-order valence-corrected chi connectivity index (χ0v) is 17.6. The van der Waals surface area contributed by atoms with Crippen LogP contribution in [-0.4, -0.2) is 59.2 Å². The van der Waals surface area contributed by atoms with E-state index in [2.05, 4.69) is 26.7 Å². The summed E-state index contributed by atoms with van der Waals surface area (Å²) in [5, 5.41) is 0. The van der Waals surface area contributed by atoms with E-state index >= 15 is 0 Å². The summed E-state index contributed by atoms with van der Waals surface area (Å²) in [7, 11) is 0. The van der Waals surface area contributed by atoms with Gasteiger partial charge in [0.1, 0.15) is 11.6 Å². The highest BCUT2D eigenvalue weighted by atomic mass is 16.1. The SMILES string of the molecule is CCCCCC(=O)C(CCCCN1CCN(c2ncccn2)CC1)C(=O)CC. The maximum absolute atomic E-state index is 12.4. The fourth-order valence-corrected chi connectivity index (χ4v) is 3.78. The molecule has 0 aromatic carbocycles. The molecule has 0 bridgehead atoms. The van der Waals surface area contributed by atoms with Gasteiger partial charge in [-0.15, -0.1) is 0 Å². The normalized spacial score (nSPS) is 16.1. The Kier molecular flexibility index (Phi) is 10.1. The minimum absolute atomic E-state index is 0.123. The summed E-state index contributed by atoms with van der Waals surface area (Å²) in [6, 6.07) is 1.84. The molecule has 2 heterocycles. The molecule has 1 atom stereocenters. The number of Topliss-reactive ketones (excluding diaryl/α,β-unsaturated/α-hetero) is 2. The number of hydrogen-bond acceptors (Lipinski definition) is 6. The van der Waals surface area contributed by atoms with Crippen molar-refractivity contribution < 1.29 is 9.59 Å². The minimum Gasteiger partial charge on any atom is -0.338 e. The number of hydrogen-bond donors (Lipinski definition) is 0. The molecule has 0 spiro atoms. The fraction of sp³-hybridized carbons (Fsp3) is 0.727. The van der Waals surface area contributed by atoms with Crippen molar-refractivity contribution in [2.75, 3.05) is 37.6 Å². The number of nitrogens with zero attached hydrogens (tertiary/aromatic N) is 4. The summed E-state index contributed by atoms with van der Waals surface area (Å²) in [6.07, 6.45) is 10.4. The zero-order chi connectivity index (χ0) is 20.2. The van der Waals surface area contributed by atoms with Crippen LogP contribution < -0.4 is 4.90 Å². The van der Waals surface area contributed by atoms with Crippen LogP contribution in [0.3, 0.4) is 0 Å². The van der Waals surface area contributed by atoms with Gasteiger partial charge in [-0.2, -0.15) is 0 Å². The Bertz CT molecular complexity index is 585. The maximum atomic E-state index is 12.4. The van der Waals surface area contributed by atoms with E-state index in [0.29, 0.717) is 12.8 Å². The number of unbranched alkanes of at least 4 members (excludes halogenated alkanes) is 3. The van der Waals surface area contributed by atoms with Crippen molar-refractivity contribution >= 4 is 17.5 Å². The molecule has 2 rings (SSSR count). The number of ketones is 2. The van der Waals surface area contributed by atoms with Gasteiger partial charge in [-0.3, -0.25) is 14.5 Å². The van der Waals surface area contributed by atoms with Crippen LogP contribution in [-0.2, 0) is 9.59 Å². The van der Waals surface area contributed by atoms with Crippen LogP contribution in [0.5, 0.6) is 0 Å². The number of carbonyl (C=O) groups excluding carboxylic acids is 2. The number of piperazine rings is 1. The van der Waals surface area contributed by atoms with Gasteiger partial charge >= 0.3 is 0 Å². The highest BCUT2D eigenvalue weighted by Crippen LogP contribution is 2.18. The second kappa shape index (κ2) is 12.6. The Balaban J connectivity index is 1.67. The Hall–Kier alpha value is -1.82. The van der Waals surface area contributed by atoms with Crippen LogP contribution in [0.25, 0.3) is 0 Å². The molecule has 0 aliphatic carbocycles. The highest BCUT2D eigenvalue weighted by Gasteiger charge is 2.24. The molecule has 6 nitrogen and oxygen atoms in total. The van der Waals surface area contributed by atoms with Crippen LogP contribution in [0.2, 0.25) is 0 Å². The summed E-state index contributed by atoms with van der Waals surface area (Å²) in [4.78, 5) is 38.0. The van der Waals surface area contributed by atoms with E-state index in [0.717, 1.165) is 77.2 Å². The lowest BCUT2D eigenvalue weighted by Crippen LogP contribution is -2.47. The number of rotatable bonds is 13. The summed E-state index contributed by atoms with van der Waals surface area (Å²) >= 11 is 0. The quantitative estimate of drug-likeness (QED) is 0.380. The van der Waals surface area contributed by atoms with Crippen molar-refractivity contribution in [3.05, 3.63) is 18.5 Å². The first-order valence-electron chi connectivity index (χ1n) is 11.0. The molecule has 1 saturated heterocycles. The van der Waals surface area contributed by atoms with Crippen LogP contribution in [0.15, 0.2) is 18.5 Å². The van der Waals surface area contributed by atoms with Crippen LogP contribution >= 0.6 is 0 Å². The number of anilines is 1. The predicted octanol–water partition coefficient (Wildman–Crippen LogP) is 3.51. The largest absolute Gasteiger partial charge is 0.338 e. The van der Waals surface area contributed by atoms with E-state index in [1.807, 2.05) is 13.0 Å². The molecule has 1 aliphatic heterocycles. The van der Waals surface area contributed by atoms with Gasteiger partial charge in [0.2, 0.25) is 5.95 Å². The average molecular weight is 389 g/mol. The van der Waals surface area contributed by atoms with Crippen molar-refractivity contribution in [2.24, 2.45) is 5.92 Å². The van der Waals surface area contributed by atoms with Crippen LogP contribution in [0.1, 0.15) is 65.2 Å². The van der Waals surface area contributed by atoms with Gasteiger partial charge in [0.05, 0.1) is 5.92 Å². The third kappa shape index (κ3) is 7.30. The zero-order valence-electron chi connectivity index (χ0n) is 17.6. The molecule has 0 N–H and O–H groups in total. The van der Waals surface area contributed by atoms with Gasteiger partial charge in [0.25, 0.3) is 0 Å². The summed E-state index contributed by atoms with van der Waals surface area (Å²) in [5.41, 5.74) is 0. The Labute approximate surface area is 169 Å². The van der Waals surface area contributed by atoms with Gasteiger partial charge in [0.15, 0.2) is 0 Å². The van der Waals surface area contributed by atoms with E-state index in [1.54, 1.807) is 12.4 Å². The molecule has 0 amide bonds. The summed E-state index contributed by atoms with van der Waals surface area (Å²) < 4.78 is 0. The molecule has 1 aromatic rings. The smallest absolute Gasteiger partial charge is 0.225 e. The summed E-state index contributed by atoms with van der Waals surface area (Å²) in [5.74, 6) is 0.730. The van der Waals surface area contributed by atoms with E-state index in [-0.39, 0.29) is 17.5 Å². The second-order valence-electron chi connectivity index (χ2n) is 7.67. The standard InChI is InChI=1S/C22H36N4O2/c1-3-5-6-11-21(28)19(20(27)4-2)10-7-8-14-25-15-17-26(18-16-25)22-23-12-9-13-24-22/h9,12-13,19H,3-8,10-11,14-18H2,1-2H3. The van der Waals surface area contributed by atoms with Crippen molar-refractivity contribution in [3.8, 4) is 0 Å². The predicted molar refractivity (Wildman–Crippen MR) is 112 cm³/mol. The van der Waals surface area contributed by atoms with Gasteiger partial charge in [-0.05, 0) is 31.9 Å². The Morgan fingerprint density at radius 3 is 2.32 bits per heavy atom. The lowest BCUT2D eigenvalue weighted by atomic mass is 9.89. The van der Waals surface area contributed by atoms with Gasteiger partial charge in [-0.25, -0.2) is 9.97 Å². The first-order valence-corrected chi connectivity index (χ1v) is 11.0. The molecule has 0 saturated carbocycles. The number of carbonyl (C=O) groups is 2. The van der Waals surface area contributed by atoms with E-state index in [1.165, 1.54) is 0 Å². The molecular weight excluding hydrogens is 352 g/mol. The Morgan fingerprint density at radius 1 is 0.964 bits per heavy atom. The van der Waals surface area contributed by atoms with Crippen molar-refractivity contribution in [1.82, 2.24) is 14.9 Å². The molecule has 1 fully saturated rings. The van der Waals surface area contributed by atoms with Gasteiger partial charge < -0.3 is 4.90 Å². The van der Waals surface area contributed by atoms with Crippen molar-refractivity contribution in [2.45, 2.75) is 65.2 Å². The monoisotopic (exact) mass is 388 g/mol. The van der Waals surface area contributed by atoms with Crippen molar-refractivity contribution in [1.29, 1.82) is 0 Å². The van der Waals surface area contributed by atoms with E-state index in [4.69, 9.17) is 0 Å². The molecule has 1 aromatic heterocycles. The lowest BCUT2D eigenvalue weighted by Gasteiger charge is -2.34. The average Bonchev–Trinajstić information content (AvgIpc) is 2.74. The third-order valence-corrected chi connectivity index (χ3v) is 5.58. The van der Waals surface area contributed by atoms with E-state index < -0.39 is 0 Å². The molecular formula is C22H36N4O2. The molecule has 156 valence electrons. The van der Waals surface area contributed by atoms with Crippen LogP contribution in [0.4, 0.5) is 5.95 Å². The fourth-order valence-electron chi connectivity index (χ4n) is 3.78. The van der Waals surface area contributed by atoms with E-state index in [9.17, 15) is 9.59 Å². The molecule has 1 aliphatic rings. The third-order valence-electron chi connectivity index (χ3n) is 5.58. The second-order valence-corrected chi connectivity index (χ2v) is 7.67. The minimum atomic E-state index is -0.367. The maximum Gasteiger partial charge on any atom is 0.225 e. The highest BCUT2D eigenvalue weighted by molar-refractivity contribution is 6.02. The topological polar surface area (TPSA) is 66.4 Å². The van der Waals surface area contributed by atoms with Crippen LogP contribution in [0, 0.1) is 5.92 Å². The molecule has 1 unspecified atom stereocenters. The van der Waals surface area contributed by atoms with Gasteiger partial charge in [0, 0.05) is 51.4 Å². The first kappa shape index (κ1) is 22.5. The summed E-state index contributed by atoms with van der Waals surface area (Å²) in [6.45, 7) is 8.92. The molecule has 6 heteroatoms. The lowest BCUT2D eigenvalue weighted by molar-refractivity contribution is -0.133. The first-order chi connectivity index (χ1) is 13.7. The molecule has 0 radical (unpaired) electrons.